The second kappa shape index (κ2) is 4.53. The number of benzene rings is 1. The molecule has 1 aromatic carbocycles. The summed E-state index contributed by atoms with van der Waals surface area (Å²) in [5.74, 6) is 0.00912. The number of ether oxygens (including phenoxy) is 1. The standard InChI is InChI=1S/C13H15ClN2O2/c14-10-1-3-11(4-2-10)16-9-13(5-6-15-8-13)18-7-12(16)17/h1-4,15H,5-9H2. The molecule has 0 aliphatic carbocycles. The highest BCUT2D eigenvalue weighted by Gasteiger charge is 2.42. The number of nitrogens with zero attached hydrogens (tertiary/aromatic N) is 1. The van der Waals surface area contributed by atoms with E-state index in [2.05, 4.69) is 5.32 Å². The van der Waals surface area contributed by atoms with Crippen molar-refractivity contribution in [3.8, 4) is 0 Å². The van der Waals surface area contributed by atoms with Gasteiger partial charge in [-0.15, -0.1) is 0 Å². The SMILES string of the molecule is O=C1COC2(CCNC2)CN1c1ccc(Cl)cc1. The van der Waals surface area contributed by atoms with Crippen LogP contribution in [0.5, 0.6) is 0 Å². The van der Waals surface area contributed by atoms with Crippen molar-refractivity contribution < 1.29 is 9.53 Å². The van der Waals surface area contributed by atoms with E-state index in [9.17, 15) is 4.79 Å². The van der Waals surface area contributed by atoms with E-state index in [1.54, 1.807) is 17.0 Å². The number of halogens is 1. The highest BCUT2D eigenvalue weighted by atomic mass is 35.5. The topological polar surface area (TPSA) is 41.6 Å². The van der Waals surface area contributed by atoms with E-state index in [1.807, 2.05) is 12.1 Å². The molecule has 0 radical (unpaired) electrons. The van der Waals surface area contributed by atoms with Gasteiger partial charge in [-0.05, 0) is 37.2 Å². The predicted octanol–water partition coefficient (Wildman–Crippen LogP) is 1.44. The third-order valence-corrected chi connectivity index (χ3v) is 3.84. The Labute approximate surface area is 111 Å². The maximum absolute atomic E-state index is 12.0. The zero-order chi connectivity index (χ0) is 12.6. The maximum atomic E-state index is 12.0. The van der Waals surface area contributed by atoms with Crippen molar-refractivity contribution in [3.63, 3.8) is 0 Å². The van der Waals surface area contributed by atoms with E-state index in [4.69, 9.17) is 16.3 Å². The quantitative estimate of drug-likeness (QED) is 0.836. The van der Waals surface area contributed by atoms with Crippen molar-refractivity contribution in [1.82, 2.24) is 5.32 Å². The van der Waals surface area contributed by atoms with Crippen molar-refractivity contribution >= 4 is 23.2 Å². The number of carbonyl (C=O) groups excluding carboxylic acids is 1. The van der Waals surface area contributed by atoms with E-state index < -0.39 is 0 Å². The second-order valence-electron chi connectivity index (χ2n) is 4.85. The van der Waals surface area contributed by atoms with E-state index in [1.165, 1.54) is 0 Å². The lowest BCUT2D eigenvalue weighted by molar-refractivity contribution is -0.136. The fraction of sp³-hybridized carbons (Fsp3) is 0.462. The Balaban J connectivity index is 1.85. The van der Waals surface area contributed by atoms with Crippen molar-refractivity contribution in [2.45, 2.75) is 12.0 Å². The lowest BCUT2D eigenvalue weighted by Crippen LogP contribution is -2.55. The molecular weight excluding hydrogens is 252 g/mol. The highest BCUT2D eigenvalue weighted by molar-refractivity contribution is 6.30. The largest absolute Gasteiger partial charge is 0.362 e. The lowest BCUT2D eigenvalue weighted by Gasteiger charge is -2.39. The first-order valence-corrected chi connectivity index (χ1v) is 6.47. The Bertz CT molecular complexity index is 455. The van der Waals surface area contributed by atoms with E-state index >= 15 is 0 Å². The van der Waals surface area contributed by atoms with Crippen molar-refractivity contribution in [1.29, 1.82) is 0 Å². The number of morpholine rings is 1. The number of anilines is 1. The summed E-state index contributed by atoms with van der Waals surface area (Å²) >= 11 is 5.87. The minimum absolute atomic E-state index is 0.00912. The number of rotatable bonds is 1. The normalized spacial score (nSPS) is 28.1. The minimum Gasteiger partial charge on any atom is -0.362 e. The Morgan fingerprint density at radius 2 is 2.11 bits per heavy atom. The third kappa shape index (κ3) is 2.11. The average Bonchev–Trinajstić information content (AvgIpc) is 2.82. The molecule has 2 fully saturated rings. The number of amides is 1. The molecule has 2 aliphatic heterocycles. The molecule has 1 unspecified atom stereocenters. The first-order chi connectivity index (χ1) is 8.69. The molecule has 3 rings (SSSR count). The van der Waals surface area contributed by atoms with Crippen LogP contribution in [0.15, 0.2) is 24.3 Å². The van der Waals surface area contributed by atoms with Gasteiger partial charge >= 0.3 is 0 Å². The Morgan fingerprint density at radius 1 is 1.33 bits per heavy atom. The summed E-state index contributed by atoms with van der Waals surface area (Å²) < 4.78 is 5.73. The molecule has 1 N–H and O–H groups in total. The molecule has 0 saturated carbocycles. The molecule has 2 saturated heterocycles. The summed E-state index contributed by atoms with van der Waals surface area (Å²) in [6.45, 7) is 2.53. The third-order valence-electron chi connectivity index (χ3n) is 3.59. The summed E-state index contributed by atoms with van der Waals surface area (Å²) in [4.78, 5) is 13.8. The molecule has 2 aliphatic rings. The van der Waals surface area contributed by atoms with Crippen molar-refractivity contribution in [3.05, 3.63) is 29.3 Å². The number of hydrogen-bond acceptors (Lipinski definition) is 3. The number of nitrogens with one attached hydrogen (secondary N) is 1. The van der Waals surface area contributed by atoms with Crippen LogP contribution in [0.2, 0.25) is 5.02 Å². The fourth-order valence-electron chi connectivity index (χ4n) is 2.55. The minimum atomic E-state index is -0.215. The molecule has 1 spiro atoms. The van der Waals surface area contributed by atoms with Gasteiger partial charge in [0.15, 0.2) is 0 Å². The molecule has 96 valence electrons. The molecule has 4 nitrogen and oxygen atoms in total. The molecule has 1 aromatic rings. The van der Waals surface area contributed by atoms with Gasteiger partial charge in [-0.2, -0.15) is 0 Å². The van der Waals surface area contributed by atoms with Gasteiger partial charge in [-0.25, -0.2) is 0 Å². The fourth-order valence-corrected chi connectivity index (χ4v) is 2.68. The predicted molar refractivity (Wildman–Crippen MR) is 70.0 cm³/mol. The average molecular weight is 267 g/mol. The summed E-state index contributed by atoms with van der Waals surface area (Å²) in [7, 11) is 0. The number of carbonyl (C=O) groups is 1. The van der Waals surface area contributed by atoms with Crippen molar-refractivity contribution in [2.75, 3.05) is 31.1 Å². The van der Waals surface area contributed by atoms with Crippen LogP contribution >= 0.6 is 11.6 Å². The van der Waals surface area contributed by atoms with E-state index in [-0.39, 0.29) is 18.1 Å². The molecule has 0 aromatic heterocycles. The van der Waals surface area contributed by atoms with Gasteiger partial charge < -0.3 is 15.0 Å². The monoisotopic (exact) mass is 266 g/mol. The second-order valence-corrected chi connectivity index (χ2v) is 5.29. The smallest absolute Gasteiger partial charge is 0.253 e. The number of hydrogen-bond donors (Lipinski definition) is 1. The van der Waals surface area contributed by atoms with Crippen LogP contribution in [0.1, 0.15) is 6.42 Å². The zero-order valence-corrected chi connectivity index (χ0v) is 10.7. The molecule has 0 bridgehead atoms. The lowest BCUT2D eigenvalue weighted by atomic mass is 10.00. The van der Waals surface area contributed by atoms with Crippen LogP contribution in [0.4, 0.5) is 5.69 Å². The van der Waals surface area contributed by atoms with E-state index in [0.717, 1.165) is 25.2 Å². The first kappa shape index (κ1) is 12.0. The summed E-state index contributed by atoms with van der Waals surface area (Å²) in [6.07, 6.45) is 0.949. The molecule has 1 atom stereocenters. The summed E-state index contributed by atoms with van der Waals surface area (Å²) in [5, 5.41) is 3.97. The van der Waals surface area contributed by atoms with Crippen LogP contribution in [0, 0.1) is 0 Å². The molecular formula is C13H15ClN2O2. The highest BCUT2D eigenvalue weighted by Crippen LogP contribution is 2.29. The van der Waals surface area contributed by atoms with Gasteiger partial charge in [0.2, 0.25) is 0 Å². The van der Waals surface area contributed by atoms with Gasteiger partial charge in [0.25, 0.3) is 5.91 Å². The van der Waals surface area contributed by atoms with Gasteiger partial charge in [0, 0.05) is 17.3 Å². The molecule has 5 heteroatoms. The van der Waals surface area contributed by atoms with E-state index in [0.29, 0.717) is 11.6 Å². The van der Waals surface area contributed by atoms with Crippen LogP contribution in [0.25, 0.3) is 0 Å². The maximum Gasteiger partial charge on any atom is 0.253 e. The van der Waals surface area contributed by atoms with Crippen LogP contribution < -0.4 is 10.2 Å². The van der Waals surface area contributed by atoms with Gasteiger partial charge in [0.05, 0.1) is 6.54 Å². The Kier molecular flexibility index (Phi) is 3.01. The van der Waals surface area contributed by atoms with Gasteiger partial charge in [0.1, 0.15) is 12.2 Å². The zero-order valence-electron chi connectivity index (χ0n) is 9.99. The molecule has 2 heterocycles. The van der Waals surface area contributed by atoms with Crippen LogP contribution in [0.3, 0.4) is 0 Å². The Morgan fingerprint density at radius 3 is 2.78 bits per heavy atom. The van der Waals surface area contributed by atoms with Gasteiger partial charge in [-0.1, -0.05) is 11.6 Å². The summed E-state index contributed by atoms with van der Waals surface area (Å²) in [6, 6.07) is 7.36. The first-order valence-electron chi connectivity index (χ1n) is 6.09. The van der Waals surface area contributed by atoms with Crippen LogP contribution in [-0.2, 0) is 9.53 Å². The molecule has 1 amide bonds. The van der Waals surface area contributed by atoms with Crippen LogP contribution in [-0.4, -0.2) is 37.7 Å². The molecule has 18 heavy (non-hydrogen) atoms. The van der Waals surface area contributed by atoms with Crippen molar-refractivity contribution in [2.24, 2.45) is 0 Å². The van der Waals surface area contributed by atoms with Gasteiger partial charge in [-0.3, -0.25) is 4.79 Å². The summed E-state index contributed by atoms with van der Waals surface area (Å²) in [5.41, 5.74) is 0.673. The Hall–Kier alpha value is -1.10.